The van der Waals surface area contributed by atoms with Crippen molar-refractivity contribution in [3.8, 4) is 5.88 Å². The van der Waals surface area contributed by atoms with Gasteiger partial charge in [0.15, 0.2) is 0 Å². The van der Waals surface area contributed by atoms with E-state index in [4.69, 9.17) is 4.74 Å². The molecule has 0 amide bonds. The molecule has 0 saturated carbocycles. The highest BCUT2D eigenvalue weighted by molar-refractivity contribution is 9.09. The summed E-state index contributed by atoms with van der Waals surface area (Å²) in [5, 5.41) is 0.933. The summed E-state index contributed by atoms with van der Waals surface area (Å²) in [6.07, 6.45) is 0. The Morgan fingerprint density at radius 3 is 2.92 bits per heavy atom. The number of nitrogens with zero attached hydrogens (tertiary/aromatic N) is 2. The summed E-state index contributed by atoms with van der Waals surface area (Å²) in [7, 11) is 3.62. The van der Waals surface area contributed by atoms with Crippen LogP contribution >= 0.6 is 15.9 Å². The smallest absolute Gasteiger partial charge is 0.214 e. The summed E-state index contributed by atoms with van der Waals surface area (Å²) < 4.78 is 5.03. The summed E-state index contributed by atoms with van der Waals surface area (Å²) in [5.41, 5.74) is 0. The fraction of sp³-hybridized carbons (Fsp3) is 0.444. The Morgan fingerprint density at radius 1 is 1.54 bits per heavy atom. The van der Waals surface area contributed by atoms with Crippen LogP contribution in [-0.2, 0) is 0 Å². The van der Waals surface area contributed by atoms with E-state index in [0.29, 0.717) is 5.88 Å². The molecule has 0 aliphatic heterocycles. The normalized spacial score (nSPS) is 9.77. The molecule has 0 radical (unpaired) electrons. The topological polar surface area (TPSA) is 25.4 Å². The molecule has 0 bridgehead atoms. The third-order valence-electron chi connectivity index (χ3n) is 1.73. The molecule has 0 aliphatic carbocycles. The van der Waals surface area contributed by atoms with Gasteiger partial charge in [-0.2, -0.15) is 4.98 Å². The zero-order valence-electron chi connectivity index (χ0n) is 7.83. The van der Waals surface area contributed by atoms with Crippen molar-refractivity contribution in [1.82, 2.24) is 4.98 Å². The Balaban J connectivity index is 2.75. The van der Waals surface area contributed by atoms with Crippen LogP contribution < -0.4 is 9.64 Å². The lowest BCUT2D eigenvalue weighted by molar-refractivity contribution is 0.398. The fourth-order valence-corrected chi connectivity index (χ4v) is 1.50. The maximum Gasteiger partial charge on any atom is 0.214 e. The first kappa shape index (κ1) is 10.3. The van der Waals surface area contributed by atoms with Gasteiger partial charge in [-0.15, -0.1) is 0 Å². The van der Waals surface area contributed by atoms with Gasteiger partial charge in [0.25, 0.3) is 0 Å². The van der Waals surface area contributed by atoms with E-state index in [2.05, 4.69) is 25.8 Å². The van der Waals surface area contributed by atoms with Gasteiger partial charge < -0.3 is 9.64 Å². The van der Waals surface area contributed by atoms with Crippen LogP contribution in [0.4, 0.5) is 5.82 Å². The van der Waals surface area contributed by atoms with Gasteiger partial charge in [-0.1, -0.05) is 22.0 Å². The maximum atomic E-state index is 5.03. The van der Waals surface area contributed by atoms with Crippen molar-refractivity contribution in [2.45, 2.75) is 0 Å². The summed E-state index contributed by atoms with van der Waals surface area (Å²) in [4.78, 5) is 6.36. The zero-order valence-corrected chi connectivity index (χ0v) is 9.41. The molecule has 0 unspecified atom stereocenters. The van der Waals surface area contributed by atoms with Gasteiger partial charge in [-0.3, -0.25) is 0 Å². The molecular weight excluding hydrogens is 232 g/mol. The Labute approximate surface area is 86.9 Å². The third-order valence-corrected chi connectivity index (χ3v) is 2.08. The van der Waals surface area contributed by atoms with Crippen LogP contribution in [0.5, 0.6) is 5.88 Å². The lowest BCUT2D eigenvalue weighted by atomic mass is 10.4. The SMILES string of the molecule is COc1cccc(N(C)CCBr)n1. The van der Waals surface area contributed by atoms with Crippen LogP contribution in [0.1, 0.15) is 0 Å². The second kappa shape index (κ2) is 5.07. The molecule has 0 atom stereocenters. The predicted molar refractivity (Wildman–Crippen MR) is 57.9 cm³/mol. The maximum absolute atomic E-state index is 5.03. The summed E-state index contributed by atoms with van der Waals surface area (Å²) in [6, 6.07) is 5.74. The summed E-state index contributed by atoms with van der Waals surface area (Å²) in [6.45, 7) is 0.931. The van der Waals surface area contributed by atoms with Gasteiger partial charge in [0.05, 0.1) is 7.11 Å². The van der Waals surface area contributed by atoms with Gasteiger partial charge in [0.1, 0.15) is 5.82 Å². The quantitative estimate of drug-likeness (QED) is 0.758. The van der Waals surface area contributed by atoms with E-state index in [1.54, 1.807) is 7.11 Å². The Bertz CT molecular complexity index is 268. The van der Waals surface area contributed by atoms with Crippen molar-refractivity contribution < 1.29 is 4.74 Å². The van der Waals surface area contributed by atoms with Crippen LogP contribution in [0, 0.1) is 0 Å². The van der Waals surface area contributed by atoms with Gasteiger partial charge in [0.2, 0.25) is 5.88 Å². The van der Waals surface area contributed by atoms with E-state index in [-0.39, 0.29) is 0 Å². The predicted octanol–water partition coefficient (Wildman–Crippen LogP) is 1.92. The number of hydrogen-bond acceptors (Lipinski definition) is 3. The van der Waals surface area contributed by atoms with Crippen molar-refractivity contribution >= 4 is 21.7 Å². The molecule has 0 spiro atoms. The molecule has 0 fully saturated rings. The first-order valence-corrected chi connectivity index (χ1v) is 5.18. The minimum atomic E-state index is 0.652. The molecule has 3 nitrogen and oxygen atoms in total. The monoisotopic (exact) mass is 244 g/mol. The largest absolute Gasteiger partial charge is 0.481 e. The van der Waals surface area contributed by atoms with Crippen molar-refractivity contribution in [3.63, 3.8) is 0 Å². The number of halogens is 1. The van der Waals surface area contributed by atoms with Gasteiger partial charge in [0, 0.05) is 25.0 Å². The minimum absolute atomic E-state index is 0.652. The van der Waals surface area contributed by atoms with E-state index >= 15 is 0 Å². The minimum Gasteiger partial charge on any atom is -0.481 e. The number of aromatic nitrogens is 1. The second-order valence-corrected chi connectivity index (χ2v) is 3.44. The number of ether oxygens (including phenoxy) is 1. The number of rotatable bonds is 4. The van der Waals surface area contributed by atoms with E-state index < -0.39 is 0 Å². The molecule has 13 heavy (non-hydrogen) atoms. The molecule has 72 valence electrons. The molecule has 0 aliphatic rings. The summed E-state index contributed by atoms with van der Waals surface area (Å²) in [5.74, 6) is 1.58. The fourth-order valence-electron chi connectivity index (χ4n) is 0.972. The van der Waals surface area contributed by atoms with E-state index in [0.717, 1.165) is 17.7 Å². The molecular formula is C9H13BrN2O. The molecule has 4 heteroatoms. The van der Waals surface area contributed by atoms with Crippen LogP contribution in [0.25, 0.3) is 0 Å². The van der Waals surface area contributed by atoms with Crippen molar-refractivity contribution in [1.29, 1.82) is 0 Å². The molecule has 1 aromatic rings. The zero-order chi connectivity index (χ0) is 9.68. The molecule has 0 N–H and O–H groups in total. The number of alkyl halides is 1. The molecule has 0 saturated heterocycles. The second-order valence-electron chi connectivity index (χ2n) is 2.65. The van der Waals surface area contributed by atoms with Gasteiger partial charge in [-0.25, -0.2) is 0 Å². The van der Waals surface area contributed by atoms with Crippen molar-refractivity contribution in [3.05, 3.63) is 18.2 Å². The lowest BCUT2D eigenvalue weighted by Gasteiger charge is -2.16. The first-order chi connectivity index (χ1) is 6.27. The highest BCUT2D eigenvalue weighted by atomic mass is 79.9. The molecule has 0 aromatic carbocycles. The number of pyridine rings is 1. The Morgan fingerprint density at radius 2 is 2.31 bits per heavy atom. The van der Waals surface area contributed by atoms with Crippen molar-refractivity contribution in [2.75, 3.05) is 30.9 Å². The van der Waals surface area contributed by atoms with Gasteiger partial charge >= 0.3 is 0 Å². The van der Waals surface area contributed by atoms with Crippen LogP contribution in [0.3, 0.4) is 0 Å². The number of methoxy groups -OCH3 is 1. The van der Waals surface area contributed by atoms with E-state index in [1.165, 1.54) is 0 Å². The molecule has 1 rings (SSSR count). The Hall–Kier alpha value is -0.770. The van der Waals surface area contributed by atoms with Crippen LogP contribution in [-0.4, -0.2) is 31.0 Å². The number of hydrogen-bond donors (Lipinski definition) is 0. The highest BCUT2D eigenvalue weighted by Gasteiger charge is 2.01. The first-order valence-electron chi connectivity index (χ1n) is 4.06. The van der Waals surface area contributed by atoms with Crippen molar-refractivity contribution in [2.24, 2.45) is 0 Å². The lowest BCUT2D eigenvalue weighted by Crippen LogP contribution is -2.20. The van der Waals surface area contributed by atoms with Crippen LogP contribution in [0.15, 0.2) is 18.2 Å². The highest BCUT2D eigenvalue weighted by Crippen LogP contribution is 2.13. The molecule has 1 aromatic heterocycles. The summed E-state index contributed by atoms with van der Waals surface area (Å²) >= 11 is 3.38. The van der Waals surface area contributed by atoms with Gasteiger partial charge in [-0.05, 0) is 6.07 Å². The van der Waals surface area contributed by atoms with E-state index in [9.17, 15) is 0 Å². The third kappa shape index (κ3) is 2.88. The van der Waals surface area contributed by atoms with E-state index in [1.807, 2.05) is 25.2 Å². The average Bonchev–Trinajstić information content (AvgIpc) is 2.18. The standard InChI is InChI=1S/C9H13BrN2O/c1-12(7-6-10)8-4-3-5-9(11-8)13-2/h3-5H,6-7H2,1-2H3. The Kier molecular flexibility index (Phi) is 4.02. The number of anilines is 1. The molecule has 1 heterocycles. The van der Waals surface area contributed by atoms with Crippen LogP contribution in [0.2, 0.25) is 0 Å². The average molecular weight is 245 g/mol.